The molecule has 2 aromatic carbocycles. The van der Waals surface area contributed by atoms with E-state index in [0.717, 1.165) is 37.0 Å². The first-order valence-electron chi connectivity index (χ1n) is 12.1. The fraction of sp³-hybridized carbons (Fsp3) is 0.407. The van der Waals surface area contributed by atoms with E-state index < -0.39 is 0 Å². The Morgan fingerprint density at radius 2 is 1.77 bits per heavy atom. The number of rotatable bonds is 4. The Morgan fingerprint density at radius 1 is 1.03 bits per heavy atom. The minimum Gasteiger partial charge on any atom is -0.338 e. The van der Waals surface area contributed by atoms with Crippen molar-refractivity contribution in [3.63, 3.8) is 0 Å². The highest BCUT2D eigenvalue weighted by atomic mass is 32.2. The van der Waals surface area contributed by atoms with Gasteiger partial charge >= 0.3 is 0 Å². The number of aromatic nitrogens is 4. The number of amides is 1. The molecule has 2 atom stereocenters. The number of likely N-dealkylation sites (tertiary alicyclic amines) is 1. The van der Waals surface area contributed by atoms with Crippen LogP contribution in [0.3, 0.4) is 0 Å². The molecule has 180 valence electrons. The summed E-state index contributed by atoms with van der Waals surface area (Å²) < 4.78 is 3.49. The van der Waals surface area contributed by atoms with Gasteiger partial charge in [-0.15, -0.1) is 10.2 Å². The van der Waals surface area contributed by atoms with Gasteiger partial charge in [-0.25, -0.2) is 4.57 Å². The zero-order chi connectivity index (χ0) is 24.4. The molecule has 1 aliphatic carbocycles. The lowest BCUT2D eigenvalue weighted by atomic mass is 9.65. The molecular formula is C27H29N5O2S. The number of nitrogens with zero attached hydrogens (tertiary/aromatic N) is 5. The molecule has 0 radical (unpaired) electrons. The van der Waals surface area contributed by atoms with Crippen molar-refractivity contribution < 1.29 is 4.79 Å². The number of benzene rings is 2. The Hall–Kier alpha value is -3.13. The van der Waals surface area contributed by atoms with Crippen molar-refractivity contribution in [2.45, 2.75) is 51.2 Å². The molecule has 7 nitrogen and oxygen atoms in total. The normalized spacial score (nSPS) is 23.3. The van der Waals surface area contributed by atoms with Gasteiger partial charge in [-0.2, -0.15) is 0 Å². The predicted molar refractivity (Wildman–Crippen MR) is 138 cm³/mol. The molecule has 2 bridgehead atoms. The summed E-state index contributed by atoms with van der Waals surface area (Å²) in [6, 6.07) is 17.3. The van der Waals surface area contributed by atoms with E-state index in [4.69, 9.17) is 0 Å². The van der Waals surface area contributed by atoms with Gasteiger partial charge in [-0.05, 0) is 54.4 Å². The lowest BCUT2D eigenvalue weighted by Crippen LogP contribution is -2.38. The van der Waals surface area contributed by atoms with Crippen molar-refractivity contribution in [3.8, 4) is 5.69 Å². The third-order valence-corrected chi connectivity index (χ3v) is 8.38. The van der Waals surface area contributed by atoms with Gasteiger partial charge in [-0.3, -0.25) is 14.0 Å². The maximum atomic E-state index is 13.4. The zero-order valence-corrected chi connectivity index (χ0v) is 21.1. The first-order valence-corrected chi connectivity index (χ1v) is 13.1. The van der Waals surface area contributed by atoms with Crippen LogP contribution in [0.25, 0.3) is 22.4 Å². The summed E-state index contributed by atoms with van der Waals surface area (Å²) in [6.07, 6.45) is 3.31. The summed E-state index contributed by atoms with van der Waals surface area (Å²) in [7, 11) is 0. The fourth-order valence-corrected chi connectivity index (χ4v) is 7.37. The minimum absolute atomic E-state index is 0.139. The highest BCUT2D eigenvalue weighted by molar-refractivity contribution is 7.99. The average Bonchev–Trinajstić information content (AvgIpc) is 3.35. The van der Waals surface area contributed by atoms with Crippen molar-refractivity contribution in [3.05, 3.63) is 65.0 Å². The summed E-state index contributed by atoms with van der Waals surface area (Å²) in [5, 5.41) is 10.0. The molecule has 1 amide bonds. The van der Waals surface area contributed by atoms with Crippen LogP contribution in [-0.2, 0) is 4.79 Å². The molecule has 3 heterocycles. The van der Waals surface area contributed by atoms with Gasteiger partial charge < -0.3 is 4.90 Å². The van der Waals surface area contributed by atoms with Crippen molar-refractivity contribution >= 4 is 34.3 Å². The molecule has 0 spiro atoms. The SMILES string of the molecule is CC1(C)C[C@H]2C[C@@](C)(CN2C(=O)CSc2nnc3n(-c4ccccc4)c(=O)c4ccccc4n23)C1. The van der Waals surface area contributed by atoms with Gasteiger partial charge in [-0.1, -0.05) is 62.9 Å². The topological polar surface area (TPSA) is 72.5 Å². The molecule has 0 N–H and O–H groups in total. The smallest absolute Gasteiger partial charge is 0.267 e. The Labute approximate surface area is 208 Å². The lowest BCUT2D eigenvalue weighted by molar-refractivity contribution is -0.129. The Morgan fingerprint density at radius 3 is 2.57 bits per heavy atom. The van der Waals surface area contributed by atoms with E-state index in [1.54, 1.807) is 4.57 Å². The van der Waals surface area contributed by atoms with Gasteiger partial charge in [0.25, 0.3) is 5.56 Å². The lowest BCUT2D eigenvalue weighted by Gasteiger charge is -2.39. The van der Waals surface area contributed by atoms with Crippen molar-refractivity contribution in [2.75, 3.05) is 12.3 Å². The Bertz CT molecular complexity index is 1510. The second-order valence-corrected chi connectivity index (χ2v) is 12.1. The molecule has 2 fully saturated rings. The summed E-state index contributed by atoms with van der Waals surface area (Å²) in [6.45, 7) is 7.79. The van der Waals surface area contributed by atoms with Crippen LogP contribution < -0.4 is 5.56 Å². The summed E-state index contributed by atoms with van der Waals surface area (Å²) >= 11 is 1.39. The predicted octanol–water partition coefficient (Wildman–Crippen LogP) is 4.55. The Balaban J connectivity index is 1.36. The molecule has 4 aromatic rings. The van der Waals surface area contributed by atoms with E-state index in [2.05, 4.69) is 35.9 Å². The highest BCUT2D eigenvalue weighted by Crippen LogP contribution is 2.52. The van der Waals surface area contributed by atoms with Gasteiger partial charge in [0.05, 0.1) is 22.3 Å². The maximum absolute atomic E-state index is 13.4. The number of hydrogen-bond donors (Lipinski definition) is 0. The van der Waals surface area contributed by atoms with Crippen LogP contribution >= 0.6 is 11.8 Å². The van der Waals surface area contributed by atoms with Crippen LogP contribution in [0.2, 0.25) is 0 Å². The molecule has 1 saturated heterocycles. The molecule has 6 rings (SSSR count). The first-order chi connectivity index (χ1) is 16.7. The molecule has 8 heteroatoms. The van der Waals surface area contributed by atoms with E-state index in [0.29, 0.717) is 28.1 Å². The van der Waals surface area contributed by atoms with Gasteiger partial charge in [0.2, 0.25) is 11.7 Å². The van der Waals surface area contributed by atoms with Crippen LogP contribution in [0.1, 0.15) is 40.0 Å². The molecule has 1 saturated carbocycles. The monoisotopic (exact) mass is 487 g/mol. The standard InChI is InChI=1S/C27H29N5O2S/c1-26(2)13-19-14-27(3,16-26)17-30(19)22(33)15-35-25-29-28-24-31(18-9-5-4-6-10-18)23(34)20-11-7-8-12-21(20)32(24)25/h4-12,19H,13-17H2,1-3H3/t19-,27+/m0/s1. The van der Waals surface area contributed by atoms with E-state index >= 15 is 0 Å². The zero-order valence-electron chi connectivity index (χ0n) is 20.3. The van der Waals surface area contributed by atoms with E-state index in [1.807, 2.05) is 59.0 Å². The largest absolute Gasteiger partial charge is 0.338 e. The molecule has 2 aromatic heterocycles. The van der Waals surface area contributed by atoms with Gasteiger partial charge in [0.1, 0.15) is 0 Å². The second-order valence-electron chi connectivity index (χ2n) is 11.1. The highest BCUT2D eigenvalue weighted by Gasteiger charge is 2.50. The number of carbonyl (C=O) groups is 1. The first kappa shape index (κ1) is 22.3. The third-order valence-electron chi connectivity index (χ3n) is 7.47. The third kappa shape index (κ3) is 3.75. The van der Waals surface area contributed by atoms with Gasteiger partial charge in [0, 0.05) is 12.6 Å². The number of fused-ring (bicyclic) bond motifs is 5. The van der Waals surface area contributed by atoms with Gasteiger partial charge in [0.15, 0.2) is 5.16 Å². The van der Waals surface area contributed by atoms with E-state index in [1.165, 1.54) is 11.8 Å². The molecule has 0 unspecified atom stereocenters. The van der Waals surface area contributed by atoms with Crippen molar-refractivity contribution in [1.29, 1.82) is 0 Å². The second kappa shape index (κ2) is 7.95. The number of thioether (sulfide) groups is 1. The Kier molecular flexibility index (Phi) is 5.07. The number of carbonyl (C=O) groups excluding carboxylic acids is 1. The van der Waals surface area contributed by atoms with Crippen molar-refractivity contribution in [2.24, 2.45) is 10.8 Å². The number of hydrogen-bond acceptors (Lipinski definition) is 5. The molecule has 35 heavy (non-hydrogen) atoms. The van der Waals surface area contributed by atoms with Crippen LogP contribution in [0.4, 0.5) is 0 Å². The van der Waals surface area contributed by atoms with E-state index in [-0.39, 0.29) is 22.3 Å². The van der Waals surface area contributed by atoms with Crippen LogP contribution in [0.5, 0.6) is 0 Å². The minimum atomic E-state index is -0.139. The molecule has 2 aliphatic rings. The molecule has 1 aliphatic heterocycles. The molecular weight excluding hydrogens is 458 g/mol. The summed E-state index contributed by atoms with van der Waals surface area (Å²) in [5.74, 6) is 0.895. The summed E-state index contributed by atoms with van der Waals surface area (Å²) in [4.78, 5) is 28.9. The summed E-state index contributed by atoms with van der Waals surface area (Å²) in [5.41, 5.74) is 1.80. The number of para-hydroxylation sites is 2. The average molecular weight is 488 g/mol. The van der Waals surface area contributed by atoms with E-state index in [9.17, 15) is 9.59 Å². The van der Waals surface area contributed by atoms with Crippen LogP contribution in [0, 0.1) is 10.8 Å². The maximum Gasteiger partial charge on any atom is 0.267 e. The van der Waals surface area contributed by atoms with Crippen LogP contribution in [0.15, 0.2) is 64.5 Å². The van der Waals surface area contributed by atoms with Crippen LogP contribution in [-0.4, -0.2) is 48.3 Å². The fourth-order valence-electron chi connectivity index (χ4n) is 6.54. The quantitative estimate of drug-likeness (QED) is 0.395. The van der Waals surface area contributed by atoms with Crippen molar-refractivity contribution in [1.82, 2.24) is 24.1 Å².